The van der Waals surface area contributed by atoms with Gasteiger partial charge in [-0.15, -0.1) is 0 Å². The minimum Gasteiger partial charge on any atom is -0.497 e. The maximum absolute atomic E-state index is 12.6. The van der Waals surface area contributed by atoms with Crippen molar-refractivity contribution in [3.63, 3.8) is 0 Å². The molecule has 2 amide bonds. The normalized spacial score (nSPS) is 18.9. The molecule has 1 aromatic carbocycles. The number of ether oxygens (including phenoxy) is 1. The highest BCUT2D eigenvalue weighted by molar-refractivity contribution is 5.92. The SMILES string of the molecule is COc1ccc(CN2CC3(CCN(C(=O)c4ccn[nH]4)CC3)CC2=O)cc1. The lowest BCUT2D eigenvalue weighted by molar-refractivity contribution is -0.128. The number of carbonyl (C=O) groups excluding carboxylic acids is 2. The summed E-state index contributed by atoms with van der Waals surface area (Å²) in [5.74, 6) is 1.01. The molecule has 0 bridgehead atoms. The van der Waals surface area contributed by atoms with E-state index in [2.05, 4.69) is 10.2 Å². The van der Waals surface area contributed by atoms with E-state index in [9.17, 15) is 9.59 Å². The lowest BCUT2D eigenvalue weighted by Gasteiger charge is -2.38. The van der Waals surface area contributed by atoms with E-state index in [1.165, 1.54) is 0 Å². The lowest BCUT2D eigenvalue weighted by atomic mass is 9.77. The minimum absolute atomic E-state index is 0.00564. The number of carbonyl (C=O) groups is 2. The predicted octanol–water partition coefficient (Wildman–Crippen LogP) is 2.07. The van der Waals surface area contributed by atoms with Crippen molar-refractivity contribution < 1.29 is 14.3 Å². The fourth-order valence-corrected chi connectivity index (χ4v) is 4.14. The van der Waals surface area contributed by atoms with E-state index in [1.54, 1.807) is 19.4 Å². The highest BCUT2D eigenvalue weighted by Crippen LogP contribution is 2.41. The van der Waals surface area contributed by atoms with Crippen LogP contribution in [0, 0.1) is 5.41 Å². The van der Waals surface area contributed by atoms with Gasteiger partial charge in [-0.25, -0.2) is 0 Å². The molecule has 1 N–H and O–H groups in total. The van der Waals surface area contributed by atoms with Gasteiger partial charge in [0.05, 0.1) is 7.11 Å². The highest BCUT2D eigenvalue weighted by atomic mass is 16.5. The maximum atomic E-state index is 12.6. The van der Waals surface area contributed by atoms with Crippen LogP contribution in [0.3, 0.4) is 0 Å². The van der Waals surface area contributed by atoms with Crippen molar-refractivity contribution in [2.75, 3.05) is 26.7 Å². The first kappa shape index (κ1) is 17.6. The second kappa shape index (κ2) is 7.06. The number of aromatic nitrogens is 2. The number of amides is 2. The van der Waals surface area contributed by atoms with Crippen molar-refractivity contribution in [1.82, 2.24) is 20.0 Å². The zero-order valence-electron chi connectivity index (χ0n) is 15.5. The van der Waals surface area contributed by atoms with Gasteiger partial charge in [0.25, 0.3) is 5.91 Å². The van der Waals surface area contributed by atoms with E-state index < -0.39 is 0 Å². The summed E-state index contributed by atoms with van der Waals surface area (Å²) in [7, 11) is 1.65. The van der Waals surface area contributed by atoms with Gasteiger partial charge < -0.3 is 14.5 Å². The Morgan fingerprint density at radius 3 is 2.59 bits per heavy atom. The van der Waals surface area contributed by atoms with Crippen LogP contribution < -0.4 is 4.74 Å². The van der Waals surface area contributed by atoms with E-state index in [1.807, 2.05) is 34.1 Å². The Hall–Kier alpha value is -2.83. The molecule has 1 spiro atoms. The van der Waals surface area contributed by atoms with Crippen molar-refractivity contribution >= 4 is 11.8 Å². The molecule has 27 heavy (non-hydrogen) atoms. The van der Waals surface area contributed by atoms with E-state index >= 15 is 0 Å². The Balaban J connectivity index is 1.36. The molecule has 1 aromatic heterocycles. The third-order valence-corrected chi connectivity index (χ3v) is 5.78. The molecular weight excluding hydrogens is 344 g/mol. The fourth-order valence-electron chi connectivity index (χ4n) is 4.14. The number of hydrogen-bond donors (Lipinski definition) is 1. The quantitative estimate of drug-likeness (QED) is 0.896. The Morgan fingerprint density at radius 1 is 1.22 bits per heavy atom. The number of piperidine rings is 1. The van der Waals surface area contributed by atoms with Crippen LogP contribution in [0.5, 0.6) is 5.75 Å². The summed E-state index contributed by atoms with van der Waals surface area (Å²) in [5.41, 5.74) is 1.62. The molecule has 2 aromatic rings. The Morgan fingerprint density at radius 2 is 1.96 bits per heavy atom. The largest absolute Gasteiger partial charge is 0.497 e. The summed E-state index contributed by atoms with van der Waals surface area (Å²) in [6, 6.07) is 9.55. The number of nitrogens with zero attached hydrogens (tertiary/aromatic N) is 3. The van der Waals surface area contributed by atoms with Crippen LogP contribution in [0.1, 0.15) is 35.3 Å². The average molecular weight is 368 g/mol. The van der Waals surface area contributed by atoms with Crippen LogP contribution in [0.4, 0.5) is 0 Å². The number of benzene rings is 1. The topological polar surface area (TPSA) is 78.5 Å². The van der Waals surface area contributed by atoms with Crippen molar-refractivity contribution in [2.24, 2.45) is 5.41 Å². The summed E-state index contributed by atoms with van der Waals surface area (Å²) in [5, 5.41) is 6.58. The van der Waals surface area contributed by atoms with Gasteiger partial charge in [-0.3, -0.25) is 14.7 Å². The summed E-state index contributed by atoms with van der Waals surface area (Å²) in [6.45, 7) is 2.76. The highest BCUT2D eigenvalue weighted by Gasteiger charge is 2.45. The molecule has 7 heteroatoms. The second-order valence-electron chi connectivity index (χ2n) is 7.54. The molecule has 4 rings (SSSR count). The lowest BCUT2D eigenvalue weighted by Crippen LogP contribution is -2.44. The summed E-state index contributed by atoms with van der Waals surface area (Å²) in [6.07, 6.45) is 3.88. The van der Waals surface area contributed by atoms with Crippen LogP contribution in [0.15, 0.2) is 36.5 Å². The smallest absolute Gasteiger partial charge is 0.271 e. The van der Waals surface area contributed by atoms with Crippen LogP contribution in [-0.4, -0.2) is 58.6 Å². The molecule has 2 aliphatic heterocycles. The molecule has 0 aliphatic carbocycles. The molecule has 7 nitrogen and oxygen atoms in total. The first-order valence-electron chi connectivity index (χ1n) is 9.28. The molecule has 2 saturated heterocycles. The van der Waals surface area contributed by atoms with Gasteiger partial charge in [0, 0.05) is 44.2 Å². The molecule has 142 valence electrons. The molecule has 3 heterocycles. The number of rotatable bonds is 4. The van der Waals surface area contributed by atoms with Gasteiger partial charge in [-0.2, -0.15) is 5.10 Å². The van der Waals surface area contributed by atoms with E-state index in [4.69, 9.17) is 4.74 Å². The summed E-state index contributed by atoms with van der Waals surface area (Å²) < 4.78 is 5.19. The number of nitrogens with one attached hydrogen (secondary N) is 1. The molecule has 2 aliphatic rings. The van der Waals surface area contributed by atoms with E-state index in [0.717, 1.165) is 30.7 Å². The third-order valence-electron chi connectivity index (χ3n) is 5.78. The minimum atomic E-state index is -0.0123. The molecule has 0 atom stereocenters. The van der Waals surface area contributed by atoms with E-state index in [-0.39, 0.29) is 17.2 Å². The summed E-state index contributed by atoms with van der Waals surface area (Å²) >= 11 is 0. The number of aromatic amines is 1. The average Bonchev–Trinajstić information content (AvgIpc) is 3.32. The Bertz CT molecular complexity index is 808. The van der Waals surface area contributed by atoms with Crippen molar-refractivity contribution in [3.05, 3.63) is 47.8 Å². The maximum Gasteiger partial charge on any atom is 0.271 e. The predicted molar refractivity (Wildman–Crippen MR) is 99.2 cm³/mol. The van der Waals surface area contributed by atoms with Crippen LogP contribution in [0.2, 0.25) is 0 Å². The van der Waals surface area contributed by atoms with E-state index in [0.29, 0.717) is 31.7 Å². The van der Waals surface area contributed by atoms with Gasteiger partial charge in [0.15, 0.2) is 0 Å². The monoisotopic (exact) mass is 368 g/mol. The van der Waals surface area contributed by atoms with Crippen molar-refractivity contribution in [1.29, 1.82) is 0 Å². The number of likely N-dealkylation sites (tertiary alicyclic amines) is 2. The zero-order valence-corrected chi connectivity index (χ0v) is 15.5. The van der Waals surface area contributed by atoms with Crippen molar-refractivity contribution in [3.8, 4) is 5.75 Å². The standard InChI is InChI=1S/C20H24N4O3/c1-27-16-4-2-15(3-5-16)13-24-14-20(12-18(24)25)7-10-23(11-8-20)19(26)17-6-9-21-22-17/h2-6,9H,7-8,10-14H2,1H3,(H,21,22). The van der Waals surface area contributed by atoms with Gasteiger partial charge in [-0.1, -0.05) is 12.1 Å². The van der Waals surface area contributed by atoms with Crippen LogP contribution >= 0.6 is 0 Å². The van der Waals surface area contributed by atoms with Gasteiger partial charge in [-0.05, 0) is 36.6 Å². The Kier molecular flexibility index (Phi) is 4.59. The molecular formula is C20H24N4O3. The van der Waals surface area contributed by atoms with Crippen LogP contribution in [-0.2, 0) is 11.3 Å². The molecule has 0 radical (unpaired) electrons. The first-order chi connectivity index (χ1) is 13.1. The van der Waals surface area contributed by atoms with Gasteiger partial charge in [0.1, 0.15) is 11.4 Å². The zero-order chi connectivity index (χ0) is 18.9. The number of methoxy groups -OCH3 is 1. The number of hydrogen-bond acceptors (Lipinski definition) is 4. The summed E-state index contributed by atoms with van der Waals surface area (Å²) in [4.78, 5) is 28.8. The Labute approximate surface area is 158 Å². The van der Waals surface area contributed by atoms with Gasteiger partial charge in [0.2, 0.25) is 5.91 Å². The third kappa shape index (κ3) is 3.54. The molecule has 0 unspecified atom stereocenters. The van der Waals surface area contributed by atoms with Crippen molar-refractivity contribution in [2.45, 2.75) is 25.8 Å². The molecule has 2 fully saturated rings. The second-order valence-corrected chi connectivity index (χ2v) is 7.54. The first-order valence-corrected chi connectivity index (χ1v) is 9.28. The molecule has 0 saturated carbocycles. The number of H-pyrrole nitrogens is 1. The fraction of sp³-hybridized carbons (Fsp3) is 0.450. The van der Waals surface area contributed by atoms with Gasteiger partial charge >= 0.3 is 0 Å². The van der Waals surface area contributed by atoms with Crippen LogP contribution in [0.25, 0.3) is 0 Å².